The van der Waals surface area contributed by atoms with Gasteiger partial charge >= 0.3 is 0 Å². The smallest absolute Gasteiger partial charge is 0.240 e. The number of hydrogen-bond donors (Lipinski definition) is 1. The molecule has 1 amide bonds. The summed E-state index contributed by atoms with van der Waals surface area (Å²) in [5.41, 5.74) is 3.44. The Morgan fingerprint density at radius 3 is 2.79 bits per heavy atom. The minimum Gasteiger partial charge on any atom is -0.273 e. The van der Waals surface area contributed by atoms with Crippen LogP contribution in [0.5, 0.6) is 0 Å². The van der Waals surface area contributed by atoms with E-state index in [2.05, 4.69) is 10.5 Å². The van der Waals surface area contributed by atoms with Crippen molar-refractivity contribution in [1.29, 1.82) is 0 Å². The molecule has 1 aromatic rings. The molecule has 0 radical (unpaired) electrons. The molecule has 14 heavy (non-hydrogen) atoms. The average Bonchev–Trinajstić information content (AvgIpc) is 2.20. The van der Waals surface area contributed by atoms with E-state index in [1.165, 1.54) is 0 Å². The molecule has 0 aliphatic carbocycles. The molecule has 0 spiro atoms. The van der Waals surface area contributed by atoms with Crippen molar-refractivity contribution in [3.63, 3.8) is 0 Å². The van der Waals surface area contributed by atoms with Gasteiger partial charge in [-0.25, -0.2) is 5.43 Å². The first-order valence-electron chi connectivity index (χ1n) is 4.70. The fourth-order valence-electron chi connectivity index (χ4n) is 1.00. The molecule has 0 saturated carbocycles. The van der Waals surface area contributed by atoms with E-state index in [0.29, 0.717) is 6.42 Å². The third-order valence-electron chi connectivity index (χ3n) is 1.68. The molecule has 0 aromatic heterocycles. The van der Waals surface area contributed by atoms with Crippen LogP contribution in [0.2, 0.25) is 0 Å². The molecule has 1 aromatic carbocycles. The summed E-state index contributed by atoms with van der Waals surface area (Å²) in [6.07, 6.45) is 2.99. The Bertz CT molecular complexity index is 306. The van der Waals surface area contributed by atoms with Gasteiger partial charge in [-0.3, -0.25) is 4.79 Å². The zero-order valence-corrected chi connectivity index (χ0v) is 8.23. The average molecular weight is 190 g/mol. The highest BCUT2D eigenvalue weighted by atomic mass is 16.2. The van der Waals surface area contributed by atoms with Gasteiger partial charge in [0.1, 0.15) is 0 Å². The highest BCUT2D eigenvalue weighted by Crippen LogP contribution is 1.93. The first-order chi connectivity index (χ1) is 6.83. The lowest BCUT2D eigenvalue weighted by molar-refractivity contribution is -0.121. The number of amides is 1. The van der Waals surface area contributed by atoms with Crippen LogP contribution in [0.25, 0.3) is 0 Å². The summed E-state index contributed by atoms with van der Waals surface area (Å²) in [5.74, 6) is -0.0420. The number of carbonyl (C=O) groups is 1. The molecule has 1 rings (SSSR count). The number of hydrazone groups is 1. The maximum absolute atomic E-state index is 11.0. The molecule has 0 bridgehead atoms. The highest BCUT2D eigenvalue weighted by Gasteiger charge is 1.94. The molecular weight excluding hydrogens is 176 g/mol. The molecule has 0 aliphatic heterocycles. The second-order valence-corrected chi connectivity index (χ2v) is 2.95. The van der Waals surface area contributed by atoms with E-state index in [0.717, 1.165) is 12.0 Å². The summed E-state index contributed by atoms with van der Waals surface area (Å²) in [6, 6.07) is 9.64. The Morgan fingerprint density at radius 2 is 2.14 bits per heavy atom. The number of hydrogen-bond acceptors (Lipinski definition) is 2. The molecule has 3 heteroatoms. The van der Waals surface area contributed by atoms with E-state index in [9.17, 15) is 4.79 Å². The predicted octanol–water partition coefficient (Wildman–Crippen LogP) is 1.94. The lowest BCUT2D eigenvalue weighted by Gasteiger charge is -1.95. The summed E-state index contributed by atoms with van der Waals surface area (Å²) in [4.78, 5) is 11.0. The van der Waals surface area contributed by atoms with Gasteiger partial charge in [-0.15, -0.1) is 0 Å². The molecule has 0 saturated heterocycles. The lowest BCUT2D eigenvalue weighted by atomic mass is 10.2. The van der Waals surface area contributed by atoms with Gasteiger partial charge < -0.3 is 0 Å². The molecule has 0 atom stereocenters. The largest absolute Gasteiger partial charge is 0.273 e. The van der Waals surface area contributed by atoms with E-state index in [4.69, 9.17) is 0 Å². The molecule has 0 heterocycles. The lowest BCUT2D eigenvalue weighted by Crippen LogP contribution is -2.16. The summed E-state index contributed by atoms with van der Waals surface area (Å²) in [6.45, 7) is 1.96. The molecule has 0 aliphatic rings. The second kappa shape index (κ2) is 5.91. The number of carbonyl (C=O) groups excluding carboxylic acids is 1. The van der Waals surface area contributed by atoms with E-state index < -0.39 is 0 Å². The normalized spacial score (nSPS) is 10.4. The summed E-state index contributed by atoms with van der Waals surface area (Å²) in [7, 11) is 0. The Labute approximate surface area is 83.8 Å². The van der Waals surface area contributed by atoms with Gasteiger partial charge in [0.2, 0.25) is 5.91 Å². The summed E-state index contributed by atoms with van der Waals surface area (Å²) in [5, 5.41) is 3.84. The van der Waals surface area contributed by atoms with Crippen LogP contribution >= 0.6 is 0 Å². The summed E-state index contributed by atoms with van der Waals surface area (Å²) >= 11 is 0. The minimum absolute atomic E-state index is 0.0420. The number of benzene rings is 1. The quantitative estimate of drug-likeness (QED) is 0.572. The highest BCUT2D eigenvalue weighted by molar-refractivity contribution is 5.82. The van der Waals surface area contributed by atoms with Gasteiger partial charge in [0, 0.05) is 6.42 Å². The second-order valence-electron chi connectivity index (χ2n) is 2.95. The third-order valence-corrected chi connectivity index (χ3v) is 1.68. The SMILES string of the molecule is CCCC(=O)N/N=C\c1ccccc1. The van der Waals surface area contributed by atoms with E-state index >= 15 is 0 Å². The Hall–Kier alpha value is -1.64. The van der Waals surface area contributed by atoms with Crippen molar-refractivity contribution in [2.75, 3.05) is 0 Å². The van der Waals surface area contributed by atoms with Gasteiger partial charge in [0.05, 0.1) is 6.21 Å². The van der Waals surface area contributed by atoms with Crippen molar-refractivity contribution in [1.82, 2.24) is 5.43 Å². The van der Waals surface area contributed by atoms with E-state index in [-0.39, 0.29) is 5.91 Å². The van der Waals surface area contributed by atoms with Crippen LogP contribution in [0.1, 0.15) is 25.3 Å². The van der Waals surface area contributed by atoms with Gasteiger partial charge in [-0.2, -0.15) is 5.10 Å². The van der Waals surface area contributed by atoms with Gasteiger partial charge in [0.15, 0.2) is 0 Å². The van der Waals surface area contributed by atoms with Crippen LogP contribution in [-0.2, 0) is 4.79 Å². The topological polar surface area (TPSA) is 41.5 Å². The Balaban J connectivity index is 2.38. The predicted molar refractivity (Wildman–Crippen MR) is 57.1 cm³/mol. The van der Waals surface area contributed by atoms with Crippen LogP contribution in [0.3, 0.4) is 0 Å². The molecule has 1 N–H and O–H groups in total. The van der Waals surface area contributed by atoms with Crippen molar-refractivity contribution in [2.45, 2.75) is 19.8 Å². The van der Waals surface area contributed by atoms with Crippen LogP contribution in [0.15, 0.2) is 35.4 Å². The first-order valence-corrected chi connectivity index (χ1v) is 4.70. The maximum atomic E-state index is 11.0. The van der Waals surface area contributed by atoms with Gasteiger partial charge in [0.25, 0.3) is 0 Å². The van der Waals surface area contributed by atoms with Crippen molar-refractivity contribution >= 4 is 12.1 Å². The third kappa shape index (κ3) is 3.85. The Kier molecular flexibility index (Phi) is 4.41. The van der Waals surface area contributed by atoms with Crippen LogP contribution < -0.4 is 5.43 Å². The number of nitrogens with one attached hydrogen (secondary N) is 1. The van der Waals surface area contributed by atoms with E-state index in [1.807, 2.05) is 37.3 Å². The fourth-order valence-corrected chi connectivity index (χ4v) is 1.00. The van der Waals surface area contributed by atoms with Crippen molar-refractivity contribution in [3.05, 3.63) is 35.9 Å². The number of nitrogens with zero attached hydrogens (tertiary/aromatic N) is 1. The molecule has 0 fully saturated rings. The zero-order valence-electron chi connectivity index (χ0n) is 8.23. The van der Waals surface area contributed by atoms with Crippen LogP contribution in [0.4, 0.5) is 0 Å². The van der Waals surface area contributed by atoms with Gasteiger partial charge in [-0.05, 0) is 12.0 Å². The first kappa shape index (κ1) is 10.4. The molecule has 74 valence electrons. The van der Waals surface area contributed by atoms with Crippen molar-refractivity contribution in [2.24, 2.45) is 5.10 Å². The molecule has 0 unspecified atom stereocenters. The van der Waals surface area contributed by atoms with E-state index in [1.54, 1.807) is 6.21 Å². The van der Waals surface area contributed by atoms with Crippen LogP contribution in [-0.4, -0.2) is 12.1 Å². The molecular formula is C11H14N2O. The maximum Gasteiger partial charge on any atom is 0.240 e. The summed E-state index contributed by atoms with van der Waals surface area (Å²) < 4.78 is 0. The van der Waals surface area contributed by atoms with Crippen molar-refractivity contribution < 1.29 is 4.79 Å². The zero-order chi connectivity index (χ0) is 10.2. The monoisotopic (exact) mass is 190 g/mol. The van der Waals surface area contributed by atoms with Gasteiger partial charge in [-0.1, -0.05) is 37.3 Å². The Morgan fingerprint density at radius 1 is 1.43 bits per heavy atom. The minimum atomic E-state index is -0.0420. The van der Waals surface area contributed by atoms with Crippen LogP contribution in [0, 0.1) is 0 Å². The molecule has 3 nitrogen and oxygen atoms in total. The fraction of sp³-hybridized carbons (Fsp3) is 0.273. The van der Waals surface area contributed by atoms with Crippen molar-refractivity contribution in [3.8, 4) is 0 Å². The number of rotatable bonds is 4. The standard InChI is InChI=1S/C11H14N2O/c1-2-6-11(14)13-12-9-10-7-4-3-5-8-10/h3-5,7-9H,2,6H2,1H3,(H,13,14)/b12-9-.